The molecule has 1 N–H and O–H groups in total. The lowest BCUT2D eigenvalue weighted by Crippen LogP contribution is -2.36. The summed E-state index contributed by atoms with van der Waals surface area (Å²) in [7, 11) is 0. The van der Waals surface area contributed by atoms with Gasteiger partial charge in [-0.3, -0.25) is 9.59 Å². The number of ether oxygens (including phenoxy) is 1. The topological polar surface area (TPSA) is 66.8 Å². The highest BCUT2D eigenvalue weighted by molar-refractivity contribution is 5.75. The standard InChI is InChI=1S/C10H19NO4/c1-4-15-10(14)5-6-11(9(3)13)7-8(2)12/h8,12H,4-7H2,1-3H3. The van der Waals surface area contributed by atoms with Gasteiger partial charge in [0.15, 0.2) is 0 Å². The third-order valence-corrected chi connectivity index (χ3v) is 1.82. The van der Waals surface area contributed by atoms with Crippen LogP contribution in [0.15, 0.2) is 0 Å². The third kappa shape index (κ3) is 6.90. The quantitative estimate of drug-likeness (QED) is 0.644. The Hall–Kier alpha value is -1.10. The van der Waals surface area contributed by atoms with Crippen LogP contribution in [0.3, 0.4) is 0 Å². The molecule has 5 heteroatoms. The number of rotatable bonds is 6. The van der Waals surface area contributed by atoms with Crippen LogP contribution >= 0.6 is 0 Å². The molecule has 0 aromatic rings. The summed E-state index contributed by atoms with van der Waals surface area (Å²) in [6, 6.07) is 0. The van der Waals surface area contributed by atoms with E-state index >= 15 is 0 Å². The molecule has 0 aromatic carbocycles. The second-order valence-corrected chi connectivity index (χ2v) is 3.37. The van der Waals surface area contributed by atoms with E-state index in [-0.39, 0.29) is 24.8 Å². The van der Waals surface area contributed by atoms with Gasteiger partial charge in [-0.2, -0.15) is 0 Å². The molecule has 1 unspecified atom stereocenters. The summed E-state index contributed by atoms with van der Waals surface area (Å²) in [4.78, 5) is 23.6. The molecule has 1 atom stereocenters. The first-order chi connectivity index (χ1) is 6.97. The normalized spacial score (nSPS) is 12.0. The Kier molecular flexibility index (Phi) is 6.70. The molecule has 0 fully saturated rings. The Morgan fingerprint density at radius 1 is 1.47 bits per heavy atom. The van der Waals surface area contributed by atoms with E-state index in [2.05, 4.69) is 0 Å². The second-order valence-electron chi connectivity index (χ2n) is 3.37. The van der Waals surface area contributed by atoms with Crippen molar-refractivity contribution in [2.24, 2.45) is 0 Å². The Bertz CT molecular complexity index is 215. The van der Waals surface area contributed by atoms with Crippen LogP contribution in [0.2, 0.25) is 0 Å². The van der Waals surface area contributed by atoms with Crippen molar-refractivity contribution in [3.05, 3.63) is 0 Å². The van der Waals surface area contributed by atoms with E-state index in [4.69, 9.17) is 9.84 Å². The SMILES string of the molecule is CCOC(=O)CCN(CC(C)O)C(C)=O. The van der Waals surface area contributed by atoms with E-state index in [0.29, 0.717) is 13.2 Å². The molecule has 0 radical (unpaired) electrons. The number of amides is 1. The molecule has 0 heterocycles. The van der Waals surface area contributed by atoms with Crippen LogP contribution in [0.5, 0.6) is 0 Å². The lowest BCUT2D eigenvalue weighted by atomic mass is 10.3. The minimum atomic E-state index is -0.587. The zero-order valence-corrected chi connectivity index (χ0v) is 9.52. The zero-order chi connectivity index (χ0) is 11.8. The van der Waals surface area contributed by atoms with Gasteiger partial charge >= 0.3 is 5.97 Å². The monoisotopic (exact) mass is 217 g/mol. The van der Waals surface area contributed by atoms with Crippen molar-refractivity contribution >= 4 is 11.9 Å². The van der Waals surface area contributed by atoms with Gasteiger partial charge in [-0.25, -0.2) is 0 Å². The fraction of sp³-hybridized carbons (Fsp3) is 0.800. The minimum Gasteiger partial charge on any atom is -0.466 e. The van der Waals surface area contributed by atoms with Gasteiger partial charge in [0.25, 0.3) is 0 Å². The average molecular weight is 217 g/mol. The van der Waals surface area contributed by atoms with E-state index in [1.165, 1.54) is 11.8 Å². The van der Waals surface area contributed by atoms with Crippen molar-refractivity contribution in [1.82, 2.24) is 4.90 Å². The lowest BCUT2D eigenvalue weighted by Gasteiger charge is -2.21. The summed E-state index contributed by atoms with van der Waals surface area (Å²) in [5, 5.41) is 9.13. The summed E-state index contributed by atoms with van der Waals surface area (Å²) < 4.78 is 4.74. The van der Waals surface area contributed by atoms with E-state index in [9.17, 15) is 9.59 Å². The van der Waals surface area contributed by atoms with Gasteiger partial charge in [-0.05, 0) is 13.8 Å². The van der Waals surface area contributed by atoms with Crippen molar-refractivity contribution in [3.8, 4) is 0 Å². The van der Waals surface area contributed by atoms with Gasteiger partial charge in [0, 0.05) is 20.0 Å². The van der Waals surface area contributed by atoms with E-state index < -0.39 is 6.10 Å². The zero-order valence-electron chi connectivity index (χ0n) is 9.52. The fourth-order valence-corrected chi connectivity index (χ4v) is 1.16. The van der Waals surface area contributed by atoms with Gasteiger partial charge in [0.05, 0.1) is 19.1 Å². The third-order valence-electron chi connectivity index (χ3n) is 1.82. The highest BCUT2D eigenvalue weighted by atomic mass is 16.5. The molecule has 0 spiro atoms. The van der Waals surface area contributed by atoms with Crippen LogP contribution in [0, 0.1) is 0 Å². The summed E-state index contributed by atoms with van der Waals surface area (Å²) >= 11 is 0. The van der Waals surface area contributed by atoms with Gasteiger partial charge in [-0.15, -0.1) is 0 Å². The average Bonchev–Trinajstić information content (AvgIpc) is 2.11. The van der Waals surface area contributed by atoms with Crippen molar-refractivity contribution in [2.75, 3.05) is 19.7 Å². The maximum atomic E-state index is 11.1. The number of nitrogens with zero attached hydrogens (tertiary/aromatic N) is 1. The van der Waals surface area contributed by atoms with Gasteiger partial charge < -0.3 is 14.7 Å². The molecule has 0 aliphatic carbocycles. The van der Waals surface area contributed by atoms with Crippen LogP contribution in [-0.4, -0.2) is 47.7 Å². The molecular weight excluding hydrogens is 198 g/mol. The van der Waals surface area contributed by atoms with Crippen LogP contribution in [0.25, 0.3) is 0 Å². The molecule has 0 rings (SSSR count). The Labute approximate surface area is 90.0 Å². The second kappa shape index (κ2) is 7.23. The van der Waals surface area contributed by atoms with Gasteiger partial charge in [-0.1, -0.05) is 0 Å². The Morgan fingerprint density at radius 2 is 2.07 bits per heavy atom. The molecule has 0 saturated heterocycles. The number of carbonyl (C=O) groups excluding carboxylic acids is 2. The fourth-order valence-electron chi connectivity index (χ4n) is 1.16. The molecular formula is C10H19NO4. The van der Waals surface area contributed by atoms with Crippen molar-refractivity contribution in [1.29, 1.82) is 0 Å². The maximum absolute atomic E-state index is 11.1. The van der Waals surface area contributed by atoms with Crippen LogP contribution in [0.4, 0.5) is 0 Å². The summed E-state index contributed by atoms with van der Waals surface area (Å²) in [6.45, 7) is 5.62. The molecule has 5 nitrogen and oxygen atoms in total. The van der Waals surface area contributed by atoms with Crippen molar-refractivity contribution < 1.29 is 19.4 Å². The van der Waals surface area contributed by atoms with Crippen molar-refractivity contribution in [3.63, 3.8) is 0 Å². The number of hydrogen-bond donors (Lipinski definition) is 1. The summed E-state index contributed by atoms with van der Waals surface area (Å²) in [6.07, 6.45) is -0.420. The summed E-state index contributed by atoms with van der Waals surface area (Å²) in [5.74, 6) is -0.477. The number of aliphatic hydroxyl groups excluding tert-OH is 1. The van der Waals surface area contributed by atoms with E-state index in [1.807, 2.05) is 0 Å². The van der Waals surface area contributed by atoms with Crippen LogP contribution < -0.4 is 0 Å². The van der Waals surface area contributed by atoms with Crippen molar-refractivity contribution in [2.45, 2.75) is 33.3 Å². The van der Waals surface area contributed by atoms with Crippen LogP contribution in [-0.2, 0) is 14.3 Å². The van der Waals surface area contributed by atoms with Gasteiger partial charge in [0.2, 0.25) is 5.91 Å². The predicted molar refractivity (Wildman–Crippen MR) is 55.2 cm³/mol. The van der Waals surface area contributed by atoms with Crippen LogP contribution in [0.1, 0.15) is 27.2 Å². The molecule has 15 heavy (non-hydrogen) atoms. The molecule has 0 aromatic heterocycles. The highest BCUT2D eigenvalue weighted by Crippen LogP contribution is 1.97. The largest absolute Gasteiger partial charge is 0.466 e. The molecule has 0 saturated carbocycles. The number of aliphatic hydroxyl groups is 1. The van der Waals surface area contributed by atoms with E-state index in [1.54, 1.807) is 13.8 Å². The molecule has 88 valence electrons. The van der Waals surface area contributed by atoms with Gasteiger partial charge in [0.1, 0.15) is 0 Å². The number of esters is 1. The first-order valence-electron chi connectivity index (χ1n) is 5.06. The minimum absolute atomic E-state index is 0.153. The predicted octanol–water partition coefficient (Wildman–Crippen LogP) is 0.169. The molecule has 0 aliphatic rings. The smallest absolute Gasteiger partial charge is 0.307 e. The maximum Gasteiger partial charge on any atom is 0.307 e. The first-order valence-corrected chi connectivity index (χ1v) is 5.06. The molecule has 0 aliphatic heterocycles. The first kappa shape index (κ1) is 13.9. The number of hydrogen-bond acceptors (Lipinski definition) is 4. The molecule has 1 amide bonds. The molecule has 0 bridgehead atoms. The summed E-state index contributed by atoms with van der Waals surface area (Å²) in [5.41, 5.74) is 0. The van der Waals surface area contributed by atoms with E-state index in [0.717, 1.165) is 0 Å². The lowest BCUT2D eigenvalue weighted by molar-refractivity contribution is -0.144. The highest BCUT2D eigenvalue weighted by Gasteiger charge is 2.13. The number of carbonyl (C=O) groups is 2. The Balaban J connectivity index is 3.96. The Morgan fingerprint density at radius 3 is 2.47 bits per heavy atom.